The van der Waals surface area contributed by atoms with Crippen LogP contribution in [0, 0.1) is 4.77 Å². The molecule has 1 aromatic carbocycles. The number of benzene rings is 1. The van der Waals surface area contributed by atoms with Gasteiger partial charge >= 0.3 is 6.03 Å². The third kappa shape index (κ3) is 1.35. The van der Waals surface area contributed by atoms with E-state index in [9.17, 15) is 4.79 Å². The van der Waals surface area contributed by atoms with E-state index in [2.05, 4.69) is 10.4 Å². The number of hydrogen-bond donors (Lipinski definition) is 3. The maximum absolute atomic E-state index is 10.7. The lowest BCUT2D eigenvalue weighted by atomic mass is 10.3. The molecule has 5 nitrogen and oxygen atoms in total. The van der Waals surface area contributed by atoms with Crippen LogP contribution in [-0.2, 0) is 0 Å². The molecule has 6 heteroatoms. The number of para-hydroxylation sites is 2. The Morgan fingerprint density at radius 3 is 2.93 bits per heavy atom. The molecule has 2 rings (SSSR count). The Balaban J connectivity index is 2.68. The van der Waals surface area contributed by atoms with Gasteiger partial charge in [-0.15, -0.1) is 0 Å². The number of carbonyl (C=O) groups is 1. The molecule has 0 fully saturated rings. The van der Waals surface area contributed by atoms with Crippen LogP contribution in [0.2, 0.25) is 0 Å². The summed E-state index contributed by atoms with van der Waals surface area (Å²) < 4.78 is 1.84. The van der Waals surface area contributed by atoms with E-state index in [0.29, 0.717) is 4.77 Å². The molecular formula is C8H8N4OS. The number of aromatic amines is 1. The molecule has 0 aliphatic rings. The van der Waals surface area contributed by atoms with Crippen molar-refractivity contribution in [2.75, 3.05) is 5.43 Å². The van der Waals surface area contributed by atoms with Crippen LogP contribution in [0.25, 0.3) is 11.0 Å². The molecule has 14 heavy (non-hydrogen) atoms. The second-order valence-electron chi connectivity index (χ2n) is 2.76. The minimum Gasteiger partial charge on any atom is -0.350 e. The number of nitrogens with one attached hydrogen (secondary N) is 2. The third-order valence-corrected chi connectivity index (χ3v) is 2.10. The van der Waals surface area contributed by atoms with E-state index in [1.807, 2.05) is 24.3 Å². The van der Waals surface area contributed by atoms with Gasteiger partial charge < -0.3 is 10.7 Å². The fraction of sp³-hybridized carbons (Fsp3) is 0. The summed E-state index contributed by atoms with van der Waals surface area (Å²) in [5.74, 6) is 0. The molecule has 0 atom stereocenters. The molecule has 0 spiro atoms. The highest BCUT2D eigenvalue weighted by atomic mass is 32.1. The predicted molar refractivity (Wildman–Crippen MR) is 56.1 cm³/mol. The Morgan fingerprint density at radius 2 is 2.21 bits per heavy atom. The maximum atomic E-state index is 10.7. The van der Waals surface area contributed by atoms with Gasteiger partial charge in [-0.05, 0) is 24.4 Å². The fourth-order valence-corrected chi connectivity index (χ4v) is 1.53. The summed E-state index contributed by atoms with van der Waals surface area (Å²) >= 11 is 5.01. The van der Waals surface area contributed by atoms with Gasteiger partial charge in [0.2, 0.25) is 0 Å². The molecule has 2 aromatic rings. The van der Waals surface area contributed by atoms with Gasteiger partial charge in [-0.3, -0.25) is 0 Å². The number of amides is 2. The zero-order valence-corrected chi connectivity index (χ0v) is 7.97. The number of aromatic nitrogens is 2. The third-order valence-electron chi connectivity index (χ3n) is 1.81. The normalized spacial score (nSPS) is 10.3. The highest BCUT2D eigenvalue weighted by molar-refractivity contribution is 7.71. The minimum absolute atomic E-state index is 0.407. The van der Waals surface area contributed by atoms with Crippen LogP contribution in [0.4, 0.5) is 4.79 Å². The van der Waals surface area contributed by atoms with Crippen molar-refractivity contribution < 1.29 is 4.79 Å². The lowest BCUT2D eigenvalue weighted by Gasteiger charge is -2.02. The topological polar surface area (TPSA) is 75.8 Å². The Labute approximate surface area is 84.5 Å². The number of imidazole rings is 1. The molecule has 4 N–H and O–H groups in total. The molecule has 0 unspecified atom stereocenters. The number of nitrogens with zero attached hydrogens (tertiary/aromatic N) is 1. The first-order valence-electron chi connectivity index (χ1n) is 3.95. The Hall–Kier alpha value is -1.82. The highest BCUT2D eigenvalue weighted by Gasteiger charge is 2.03. The van der Waals surface area contributed by atoms with Crippen molar-refractivity contribution in [2.45, 2.75) is 0 Å². The van der Waals surface area contributed by atoms with Crippen molar-refractivity contribution in [3.05, 3.63) is 29.0 Å². The van der Waals surface area contributed by atoms with Crippen LogP contribution in [0.1, 0.15) is 0 Å². The monoisotopic (exact) mass is 208 g/mol. The molecule has 0 saturated heterocycles. The summed E-state index contributed by atoms with van der Waals surface area (Å²) in [7, 11) is 0. The van der Waals surface area contributed by atoms with Gasteiger partial charge in [0.1, 0.15) is 0 Å². The molecule has 1 heterocycles. The average Bonchev–Trinajstić information content (AvgIpc) is 2.43. The SMILES string of the molecule is NC(=O)Nn1c(=S)[nH]c2ccccc21. The molecule has 2 amide bonds. The molecule has 1 aromatic heterocycles. The van der Waals surface area contributed by atoms with E-state index in [1.54, 1.807) is 0 Å². The van der Waals surface area contributed by atoms with Crippen molar-refractivity contribution in [3.63, 3.8) is 0 Å². The lowest BCUT2D eigenvalue weighted by molar-refractivity contribution is 0.257. The van der Waals surface area contributed by atoms with Gasteiger partial charge in [0, 0.05) is 0 Å². The summed E-state index contributed by atoms with van der Waals surface area (Å²) in [6, 6.07) is 6.78. The van der Waals surface area contributed by atoms with E-state index < -0.39 is 6.03 Å². The Kier molecular flexibility index (Phi) is 1.97. The number of nitrogens with two attached hydrogens (primary N) is 1. The molecule has 0 radical (unpaired) electrons. The Bertz CT molecular complexity index is 542. The second-order valence-corrected chi connectivity index (χ2v) is 3.15. The minimum atomic E-state index is -0.647. The van der Waals surface area contributed by atoms with Crippen molar-refractivity contribution >= 4 is 29.3 Å². The van der Waals surface area contributed by atoms with Crippen molar-refractivity contribution in [1.29, 1.82) is 0 Å². The fourth-order valence-electron chi connectivity index (χ4n) is 1.28. The number of fused-ring (bicyclic) bond motifs is 1. The lowest BCUT2D eigenvalue weighted by Crippen LogP contribution is -2.28. The second kappa shape index (κ2) is 3.15. The molecule has 0 aliphatic carbocycles. The van der Waals surface area contributed by atoms with Gasteiger partial charge in [0.15, 0.2) is 4.77 Å². The number of primary amides is 1. The van der Waals surface area contributed by atoms with E-state index in [-0.39, 0.29) is 0 Å². The molecule has 0 aliphatic heterocycles. The van der Waals surface area contributed by atoms with Gasteiger partial charge in [0.05, 0.1) is 11.0 Å². The van der Waals surface area contributed by atoms with Crippen LogP contribution < -0.4 is 11.2 Å². The van der Waals surface area contributed by atoms with Crippen LogP contribution in [0.15, 0.2) is 24.3 Å². The summed E-state index contributed by atoms with van der Waals surface area (Å²) in [4.78, 5) is 13.6. The van der Waals surface area contributed by atoms with Crippen LogP contribution in [0.3, 0.4) is 0 Å². The van der Waals surface area contributed by atoms with E-state index in [1.165, 1.54) is 4.68 Å². The van der Waals surface area contributed by atoms with Crippen LogP contribution >= 0.6 is 12.2 Å². The predicted octanol–water partition coefficient (Wildman–Crippen LogP) is 1.32. The summed E-state index contributed by atoms with van der Waals surface area (Å²) in [6.45, 7) is 0. The number of H-pyrrole nitrogens is 1. The van der Waals surface area contributed by atoms with Gasteiger partial charge in [0.25, 0.3) is 0 Å². The maximum Gasteiger partial charge on any atom is 0.331 e. The van der Waals surface area contributed by atoms with Gasteiger partial charge in [-0.2, -0.15) is 0 Å². The molecular weight excluding hydrogens is 200 g/mol. The summed E-state index contributed by atoms with van der Waals surface area (Å²) in [5.41, 5.74) is 9.07. The van der Waals surface area contributed by atoms with Crippen molar-refractivity contribution in [2.24, 2.45) is 5.73 Å². The highest BCUT2D eigenvalue weighted by Crippen LogP contribution is 2.11. The van der Waals surface area contributed by atoms with Crippen LogP contribution in [0.5, 0.6) is 0 Å². The smallest absolute Gasteiger partial charge is 0.331 e. The standard InChI is InChI=1S/C8H8N4OS/c9-7(13)11-12-6-4-2-1-3-5(6)10-8(12)14/h1-4H,(H,10,14)(H3,9,11,13). The van der Waals surface area contributed by atoms with E-state index >= 15 is 0 Å². The van der Waals surface area contributed by atoms with Crippen molar-refractivity contribution in [1.82, 2.24) is 9.66 Å². The summed E-state index contributed by atoms with van der Waals surface area (Å²) in [6.07, 6.45) is 0. The first-order chi connectivity index (χ1) is 6.68. The first kappa shape index (κ1) is 8.76. The number of hydrogen-bond acceptors (Lipinski definition) is 2. The van der Waals surface area contributed by atoms with Crippen LogP contribution in [-0.4, -0.2) is 15.7 Å². The summed E-state index contributed by atoms with van der Waals surface area (Å²) in [5, 5.41) is 0. The zero-order chi connectivity index (χ0) is 10.1. The average molecular weight is 208 g/mol. The molecule has 0 saturated carbocycles. The number of carbonyl (C=O) groups excluding carboxylic acids is 1. The van der Waals surface area contributed by atoms with Crippen molar-refractivity contribution in [3.8, 4) is 0 Å². The zero-order valence-electron chi connectivity index (χ0n) is 7.15. The number of rotatable bonds is 1. The molecule has 72 valence electrons. The van der Waals surface area contributed by atoms with Gasteiger partial charge in [-0.25, -0.2) is 14.9 Å². The Morgan fingerprint density at radius 1 is 1.50 bits per heavy atom. The van der Waals surface area contributed by atoms with Gasteiger partial charge in [-0.1, -0.05) is 12.1 Å². The quantitative estimate of drug-likeness (QED) is 0.618. The number of urea groups is 1. The molecule has 0 bridgehead atoms. The van der Waals surface area contributed by atoms with E-state index in [0.717, 1.165) is 11.0 Å². The largest absolute Gasteiger partial charge is 0.350 e. The first-order valence-corrected chi connectivity index (χ1v) is 4.35. The van der Waals surface area contributed by atoms with E-state index in [4.69, 9.17) is 18.0 Å².